The lowest BCUT2D eigenvalue weighted by molar-refractivity contribution is 0.0378. The summed E-state index contributed by atoms with van der Waals surface area (Å²) in [6.07, 6.45) is 0.969. The number of aromatic carboxylic acids is 1. The highest BCUT2D eigenvalue weighted by molar-refractivity contribution is 5.88. The Balaban J connectivity index is 1.63. The molecular formula is C14H20N6O3. The number of rotatable bonds is 6. The number of hydrogen-bond acceptors (Lipinski definition) is 7. The van der Waals surface area contributed by atoms with Crippen LogP contribution in [0.25, 0.3) is 5.65 Å². The Bertz CT molecular complexity index is 695. The average Bonchev–Trinajstić information content (AvgIpc) is 2.93. The van der Waals surface area contributed by atoms with E-state index in [0.717, 1.165) is 51.5 Å². The molecule has 0 unspecified atom stereocenters. The number of pyridine rings is 1. The van der Waals surface area contributed by atoms with Crippen molar-refractivity contribution in [3.8, 4) is 0 Å². The topological polar surface area (TPSA) is 118 Å². The summed E-state index contributed by atoms with van der Waals surface area (Å²) in [5.74, 6) is -1.02. The van der Waals surface area contributed by atoms with Crippen molar-refractivity contribution in [2.24, 2.45) is 0 Å². The van der Waals surface area contributed by atoms with Gasteiger partial charge in [-0.3, -0.25) is 4.90 Å². The lowest BCUT2D eigenvalue weighted by Gasteiger charge is -2.26. The van der Waals surface area contributed by atoms with E-state index in [4.69, 9.17) is 10.5 Å². The van der Waals surface area contributed by atoms with Gasteiger partial charge in [-0.05, 0) is 25.1 Å². The number of anilines is 2. The minimum atomic E-state index is -1.07. The van der Waals surface area contributed by atoms with Crippen molar-refractivity contribution in [1.29, 1.82) is 0 Å². The Morgan fingerprint density at radius 3 is 2.91 bits per heavy atom. The third kappa shape index (κ3) is 3.51. The summed E-state index contributed by atoms with van der Waals surface area (Å²) < 4.78 is 6.57. The second-order valence-corrected chi connectivity index (χ2v) is 5.38. The molecule has 0 bridgehead atoms. The van der Waals surface area contributed by atoms with Gasteiger partial charge in [-0.2, -0.15) is 4.98 Å². The van der Waals surface area contributed by atoms with Gasteiger partial charge in [0.2, 0.25) is 5.95 Å². The molecule has 4 N–H and O–H groups in total. The summed E-state index contributed by atoms with van der Waals surface area (Å²) in [6, 6.07) is 3.19. The Labute approximate surface area is 133 Å². The van der Waals surface area contributed by atoms with E-state index in [1.54, 1.807) is 6.07 Å². The van der Waals surface area contributed by atoms with Crippen LogP contribution in [0.1, 0.15) is 16.9 Å². The van der Waals surface area contributed by atoms with Gasteiger partial charge in [0.15, 0.2) is 11.3 Å². The summed E-state index contributed by atoms with van der Waals surface area (Å²) >= 11 is 0. The molecule has 1 aliphatic rings. The summed E-state index contributed by atoms with van der Waals surface area (Å²) in [4.78, 5) is 17.7. The minimum Gasteiger partial charge on any atom is -0.477 e. The molecule has 0 radical (unpaired) electrons. The third-order valence-corrected chi connectivity index (χ3v) is 3.79. The van der Waals surface area contributed by atoms with Gasteiger partial charge in [-0.25, -0.2) is 9.31 Å². The molecule has 0 saturated carbocycles. The van der Waals surface area contributed by atoms with E-state index >= 15 is 0 Å². The molecule has 2 aromatic heterocycles. The van der Waals surface area contributed by atoms with E-state index in [-0.39, 0.29) is 11.6 Å². The van der Waals surface area contributed by atoms with E-state index in [1.165, 1.54) is 10.6 Å². The number of carboxylic acid groups (broad SMARTS) is 1. The van der Waals surface area contributed by atoms with Crippen molar-refractivity contribution < 1.29 is 14.6 Å². The largest absolute Gasteiger partial charge is 0.477 e. The number of aromatic nitrogens is 3. The number of nitrogens with two attached hydrogens (primary N) is 1. The van der Waals surface area contributed by atoms with Crippen LogP contribution in [-0.2, 0) is 4.74 Å². The van der Waals surface area contributed by atoms with Gasteiger partial charge in [-0.15, -0.1) is 5.10 Å². The molecule has 23 heavy (non-hydrogen) atoms. The van der Waals surface area contributed by atoms with Crippen molar-refractivity contribution in [1.82, 2.24) is 19.5 Å². The number of ether oxygens (including phenoxy) is 1. The lowest BCUT2D eigenvalue weighted by Crippen LogP contribution is -2.37. The number of fused-ring (bicyclic) bond motifs is 1. The third-order valence-electron chi connectivity index (χ3n) is 3.79. The molecule has 1 saturated heterocycles. The van der Waals surface area contributed by atoms with E-state index in [0.29, 0.717) is 5.65 Å². The Hall–Kier alpha value is -2.39. The van der Waals surface area contributed by atoms with Gasteiger partial charge in [0, 0.05) is 19.6 Å². The molecule has 9 heteroatoms. The normalized spacial score (nSPS) is 15.8. The molecule has 0 amide bonds. The molecule has 0 spiro atoms. The molecule has 1 aliphatic heterocycles. The zero-order chi connectivity index (χ0) is 16.2. The van der Waals surface area contributed by atoms with Crippen LogP contribution in [0, 0.1) is 0 Å². The van der Waals surface area contributed by atoms with Crippen molar-refractivity contribution >= 4 is 23.3 Å². The van der Waals surface area contributed by atoms with E-state index in [2.05, 4.69) is 20.3 Å². The first-order valence-electron chi connectivity index (χ1n) is 7.57. The smallest absolute Gasteiger partial charge is 0.354 e. The van der Waals surface area contributed by atoms with E-state index in [1.807, 2.05) is 0 Å². The van der Waals surface area contributed by atoms with Crippen LogP contribution >= 0.6 is 0 Å². The van der Waals surface area contributed by atoms with Crippen LogP contribution < -0.4 is 11.1 Å². The predicted octanol–water partition coefficient (Wildman–Crippen LogP) is 0.144. The molecule has 0 aromatic carbocycles. The van der Waals surface area contributed by atoms with Gasteiger partial charge < -0.3 is 20.9 Å². The lowest BCUT2D eigenvalue weighted by atomic mass is 10.3. The number of nitrogens with zero attached hydrogens (tertiary/aromatic N) is 4. The van der Waals surface area contributed by atoms with Crippen LogP contribution in [0.4, 0.5) is 11.6 Å². The summed E-state index contributed by atoms with van der Waals surface area (Å²) in [5.41, 5.74) is 6.78. The monoisotopic (exact) mass is 320 g/mol. The first kappa shape index (κ1) is 15.5. The van der Waals surface area contributed by atoms with Crippen LogP contribution in [0.15, 0.2) is 12.1 Å². The average molecular weight is 320 g/mol. The molecule has 1 fully saturated rings. The summed E-state index contributed by atoms with van der Waals surface area (Å²) in [5, 5.41) is 16.4. The molecule has 3 rings (SSSR count). The van der Waals surface area contributed by atoms with Gasteiger partial charge >= 0.3 is 5.97 Å². The van der Waals surface area contributed by atoms with E-state index < -0.39 is 5.97 Å². The molecule has 124 valence electrons. The van der Waals surface area contributed by atoms with Crippen LogP contribution in [0.2, 0.25) is 0 Å². The second kappa shape index (κ2) is 6.80. The fourth-order valence-corrected chi connectivity index (χ4v) is 2.63. The molecule has 2 aromatic rings. The Kier molecular flexibility index (Phi) is 4.58. The van der Waals surface area contributed by atoms with Crippen molar-refractivity contribution in [3.05, 3.63) is 17.8 Å². The zero-order valence-electron chi connectivity index (χ0n) is 12.7. The molecule has 3 heterocycles. The van der Waals surface area contributed by atoms with Gasteiger partial charge in [0.25, 0.3) is 0 Å². The van der Waals surface area contributed by atoms with E-state index in [9.17, 15) is 9.90 Å². The number of nitrogen functional groups attached to an aromatic ring is 1. The molecular weight excluding hydrogens is 300 g/mol. The minimum absolute atomic E-state index is 0.0306. The Morgan fingerprint density at radius 1 is 1.39 bits per heavy atom. The maximum Gasteiger partial charge on any atom is 0.354 e. The number of carboxylic acids is 1. The maximum atomic E-state index is 11.2. The van der Waals surface area contributed by atoms with Crippen molar-refractivity contribution in [2.45, 2.75) is 6.42 Å². The zero-order valence-corrected chi connectivity index (χ0v) is 12.7. The molecule has 0 atom stereocenters. The number of morpholine rings is 1. The van der Waals surface area contributed by atoms with Crippen LogP contribution in [0.3, 0.4) is 0 Å². The fraction of sp³-hybridized carbons (Fsp3) is 0.500. The summed E-state index contributed by atoms with van der Waals surface area (Å²) in [6.45, 7) is 5.28. The highest BCUT2D eigenvalue weighted by atomic mass is 16.5. The quantitative estimate of drug-likeness (QED) is 0.643. The maximum absolute atomic E-state index is 11.2. The standard InChI is InChI=1S/C14H20N6O3/c15-14-17-12-10(2-3-11(13(21)22)20(12)18-14)16-4-1-5-19-6-8-23-9-7-19/h2-3,16H,1,4-9H2,(H2,15,18)(H,21,22). The predicted molar refractivity (Wildman–Crippen MR) is 84.7 cm³/mol. The second-order valence-electron chi connectivity index (χ2n) is 5.38. The fourth-order valence-electron chi connectivity index (χ4n) is 2.63. The van der Waals surface area contributed by atoms with Gasteiger partial charge in [0.05, 0.1) is 18.9 Å². The number of carbonyl (C=O) groups is 1. The molecule has 9 nitrogen and oxygen atoms in total. The van der Waals surface area contributed by atoms with Crippen LogP contribution in [0.5, 0.6) is 0 Å². The first-order valence-corrected chi connectivity index (χ1v) is 7.57. The van der Waals surface area contributed by atoms with Gasteiger partial charge in [0.1, 0.15) is 0 Å². The summed E-state index contributed by atoms with van der Waals surface area (Å²) in [7, 11) is 0. The van der Waals surface area contributed by atoms with Gasteiger partial charge in [-0.1, -0.05) is 0 Å². The highest BCUT2D eigenvalue weighted by Crippen LogP contribution is 2.18. The SMILES string of the molecule is Nc1nc2c(NCCCN3CCOCC3)ccc(C(=O)O)n2n1. The van der Waals surface area contributed by atoms with Crippen molar-refractivity contribution in [2.75, 3.05) is 50.4 Å². The number of nitrogens with one attached hydrogen (secondary N) is 1. The molecule has 0 aliphatic carbocycles. The first-order chi connectivity index (χ1) is 11.1. The highest BCUT2D eigenvalue weighted by Gasteiger charge is 2.15. The van der Waals surface area contributed by atoms with Crippen molar-refractivity contribution in [3.63, 3.8) is 0 Å². The van der Waals surface area contributed by atoms with Crippen LogP contribution in [-0.4, -0.2) is 70.0 Å². The Morgan fingerprint density at radius 2 is 2.17 bits per heavy atom. The number of hydrogen-bond donors (Lipinski definition) is 3.